The van der Waals surface area contributed by atoms with Crippen LogP contribution in [0.4, 0.5) is 0 Å². The van der Waals surface area contributed by atoms with Crippen molar-refractivity contribution in [1.29, 1.82) is 0 Å². The number of hydrogen-bond acceptors (Lipinski definition) is 5. The molecule has 0 atom stereocenters. The number of carbonyl (C=O) groups excluding carboxylic acids is 1. The van der Waals surface area contributed by atoms with Gasteiger partial charge in [-0.15, -0.1) is 0 Å². The highest BCUT2D eigenvalue weighted by molar-refractivity contribution is 7.89. The van der Waals surface area contributed by atoms with Crippen LogP contribution in [-0.4, -0.2) is 74.8 Å². The summed E-state index contributed by atoms with van der Waals surface area (Å²) in [6.07, 6.45) is 0. The lowest BCUT2D eigenvalue weighted by molar-refractivity contribution is -0.133. The Morgan fingerprint density at radius 3 is 2.32 bits per heavy atom. The molecule has 7 nitrogen and oxygen atoms in total. The van der Waals surface area contributed by atoms with Crippen molar-refractivity contribution in [3.05, 3.63) is 59.7 Å². The van der Waals surface area contributed by atoms with Crippen molar-refractivity contribution in [2.75, 3.05) is 46.4 Å². The molecule has 0 radical (unpaired) electrons. The molecule has 0 bridgehead atoms. The predicted octanol–water partition coefficient (Wildman–Crippen LogP) is 2.36. The van der Waals surface area contributed by atoms with E-state index in [0.717, 1.165) is 30.8 Å². The van der Waals surface area contributed by atoms with Gasteiger partial charge in [0.25, 0.3) is 0 Å². The van der Waals surface area contributed by atoms with Gasteiger partial charge in [0, 0.05) is 32.7 Å². The Hall–Kier alpha value is -2.42. The highest BCUT2D eigenvalue weighted by Gasteiger charge is 2.30. The molecular formula is C23H31N3O4S. The average Bonchev–Trinajstić information content (AvgIpc) is 2.79. The monoisotopic (exact) mass is 445 g/mol. The lowest BCUT2D eigenvalue weighted by Crippen LogP contribution is -2.51. The smallest absolute Gasteiger partial charge is 0.243 e. The van der Waals surface area contributed by atoms with Crippen molar-refractivity contribution in [1.82, 2.24) is 14.1 Å². The number of methoxy groups -OCH3 is 1. The van der Waals surface area contributed by atoms with Crippen LogP contribution in [0.25, 0.3) is 0 Å². The fraction of sp³-hybridized carbons (Fsp3) is 0.435. The topological polar surface area (TPSA) is 70.2 Å². The van der Waals surface area contributed by atoms with Gasteiger partial charge in [-0.05, 0) is 42.8 Å². The highest BCUT2D eigenvalue weighted by atomic mass is 32.2. The summed E-state index contributed by atoms with van der Waals surface area (Å²) in [5.74, 6) is 0.457. The van der Waals surface area contributed by atoms with Crippen molar-refractivity contribution in [3.8, 4) is 5.75 Å². The van der Waals surface area contributed by atoms with Crippen molar-refractivity contribution in [3.63, 3.8) is 0 Å². The molecular weight excluding hydrogens is 414 g/mol. The van der Waals surface area contributed by atoms with Crippen LogP contribution < -0.4 is 4.74 Å². The molecule has 1 aliphatic heterocycles. The Bertz CT molecular complexity index is 987. The fourth-order valence-corrected chi connectivity index (χ4v) is 5.20. The number of ether oxygens (including phenoxy) is 1. The maximum atomic E-state index is 13.5. The molecule has 8 heteroatoms. The first-order chi connectivity index (χ1) is 14.8. The zero-order chi connectivity index (χ0) is 22.4. The normalized spacial score (nSPS) is 15.3. The third-order valence-electron chi connectivity index (χ3n) is 5.69. The van der Waals surface area contributed by atoms with Crippen molar-refractivity contribution in [2.45, 2.75) is 25.3 Å². The van der Waals surface area contributed by atoms with E-state index < -0.39 is 10.0 Å². The van der Waals surface area contributed by atoms with Gasteiger partial charge in [0.1, 0.15) is 5.75 Å². The molecule has 1 aliphatic rings. The van der Waals surface area contributed by atoms with Crippen LogP contribution in [0, 0.1) is 6.92 Å². The Morgan fingerprint density at radius 2 is 1.74 bits per heavy atom. The molecule has 0 unspecified atom stereocenters. The third kappa shape index (κ3) is 5.64. The van der Waals surface area contributed by atoms with Gasteiger partial charge in [-0.1, -0.05) is 37.3 Å². The van der Waals surface area contributed by atoms with Crippen LogP contribution in [0.3, 0.4) is 0 Å². The summed E-state index contributed by atoms with van der Waals surface area (Å²) in [7, 11) is -2.33. The molecule has 0 spiro atoms. The van der Waals surface area contributed by atoms with Gasteiger partial charge in [-0.25, -0.2) is 8.42 Å². The minimum absolute atomic E-state index is 0.134. The molecule has 31 heavy (non-hydrogen) atoms. The third-order valence-corrected chi connectivity index (χ3v) is 7.48. The van der Waals surface area contributed by atoms with E-state index >= 15 is 0 Å². The van der Waals surface area contributed by atoms with Crippen LogP contribution in [0.1, 0.15) is 18.1 Å². The van der Waals surface area contributed by atoms with E-state index in [-0.39, 0.29) is 23.9 Å². The fourth-order valence-electron chi connectivity index (χ4n) is 3.74. The van der Waals surface area contributed by atoms with Crippen molar-refractivity contribution >= 4 is 15.9 Å². The summed E-state index contributed by atoms with van der Waals surface area (Å²) >= 11 is 0. The van der Waals surface area contributed by atoms with Crippen molar-refractivity contribution < 1.29 is 17.9 Å². The van der Waals surface area contributed by atoms with Crippen molar-refractivity contribution in [2.24, 2.45) is 0 Å². The Kier molecular flexibility index (Phi) is 7.69. The molecule has 1 amide bonds. The number of sulfonamides is 1. The maximum Gasteiger partial charge on any atom is 0.243 e. The average molecular weight is 446 g/mol. The molecule has 2 aromatic carbocycles. The summed E-state index contributed by atoms with van der Waals surface area (Å²) in [4.78, 5) is 17.2. The van der Waals surface area contributed by atoms with Gasteiger partial charge < -0.3 is 14.5 Å². The molecule has 0 aliphatic carbocycles. The summed E-state index contributed by atoms with van der Waals surface area (Å²) in [5, 5.41) is 0. The van der Waals surface area contributed by atoms with E-state index in [0.29, 0.717) is 18.8 Å². The van der Waals surface area contributed by atoms with Crippen LogP contribution in [0.15, 0.2) is 53.4 Å². The number of rotatable bonds is 8. The number of hydrogen-bond donors (Lipinski definition) is 0. The first kappa shape index (κ1) is 23.2. The quantitative estimate of drug-likeness (QED) is 0.624. The van der Waals surface area contributed by atoms with Gasteiger partial charge in [0.2, 0.25) is 15.9 Å². The summed E-state index contributed by atoms with van der Waals surface area (Å²) in [6, 6.07) is 14.1. The molecule has 0 aromatic heterocycles. The van der Waals surface area contributed by atoms with Crippen LogP contribution in [0.2, 0.25) is 0 Å². The highest BCUT2D eigenvalue weighted by Crippen LogP contribution is 2.25. The van der Waals surface area contributed by atoms with Gasteiger partial charge in [0.05, 0.1) is 18.6 Å². The minimum Gasteiger partial charge on any atom is -0.496 e. The number of amides is 1. The molecule has 1 saturated heterocycles. The number of aryl methyl sites for hydroxylation is 1. The zero-order valence-corrected chi connectivity index (χ0v) is 19.3. The van der Waals surface area contributed by atoms with E-state index in [1.54, 1.807) is 31.1 Å². The maximum absolute atomic E-state index is 13.5. The van der Waals surface area contributed by atoms with E-state index in [1.807, 2.05) is 30.3 Å². The van der Waals surface area contributed by atoms with Gasteiger partial charge in [-0.3, -0.25) is 4.79 Å². The first-order valence-corrected chi connectivity index (χ1v) is 12.0. The van der Waals surface area contributed by atoms with Crippen LogP contribution in [0.5, 0.6) is 5.75 Å². The Balaban J connectivity index is 1.85. The Morgan fingerprint density at radius 1 is 1.06 bits per heavy atom. The molecule has 3 rings (SSSR count). The second-order valence-corrected chi connectivity index (χ2v) is 9.64. The largest absolute Gasteiger partial charge is 0.496 e. The predicted molar refractivity (Wildman–Crippen MR) is 120 cm³/mol. The molecule has 0 saturated carbocycles. The van der Waals surface area contributed by atoms with E-state index in [9.17, 15) is 13.2 Å². The van der Waals surface area contributed by atoms with Gasteiger partial charge in [-0.2, -0.15) is 4.31 Å². The van der Waals surface area contributed by atoms with E-state index in [2.05, 4.69) is 11.8 Å². The number of carbonyl (C=O) groups is 1. The lowest BCUT2D eigenvalue weighted by atomic mass is 10.2. The summed E-state index contributed by atoms with van der Waals surface area (Å²) in [5.41, 5.74) is 1.56. The van der Waals surface area contributed by atoms with Gasteiger partial charge >= 0.3 is 0 Å². The summed E-state index contributed by atoms with van der Waals surface area (Å²) < 4.78 is 33.6. The van der Waals surface area contributed by atoms with Gasteiger partial charge in [0.15, 0.2) is 0 Å². The SMILES string of the molecule is CCN1CCN(C(=O)CN(Cc2ccccc2)S(=O)(=O)c2ccc(OC)c(C)c2)CC1. The molecule has 1 fully saturated rings. The van der Waals surface area contributed by atoms with E-state index in [4.69, 9.17) is 4.74 Å². The zero-order valence-electron chi connectivity index (χ0n) is 18.5. The van der Waals surface area contributed by atoms with Crippen LogP contribution >= 0.6 is 0 Å². The Labute approximate surface area is 185 Å². The number of piperazine rings is 1. The molecule has 0 N–H and O–H groups in total. The molecule has 1 heterocycles. The van der Waals surface area contributed by atoms with E-state index in [1.165, 1.54) is 10.4 Å². The second-order valence-electron chi connectivity index (χ2n) is 7.71. The molecule has 2 aromatic rings. The second kappa shape index (κ2) is 10.3. The minimum atomic E-state index is -3.88. The van der Waals surface area contributed by atoms with Crippen LogP contribution in [-0.2, 0) is 21.4 Å². The number of nitrogens with zero attached hydrogens (tertiary/aromatic N) is 3. The lowest BCUT2D eigenvalue weighted by Gasteiger charge is -2.35. The molecule has 168 valence electrons. The standard InChI is InChI=1S/C23H31N3O4S/c1-4-24-12-14-25(15-13-24)23(27)18-26(17-20-8-6-5-7-9-20)31(28,29)21-10-11-22(30-3)19(2)16-21/h5-11,16H,4,12-15,17-18H2,1-3H3. The number of likely N-dealkylation sites (N-methyl/N-ethyl adjacent to an activating group) is 1. The first-order valence-electron chi connectivity index (χ1n) is 10.5. The summed E-state index contributed by atoms with van der Waals surface area (Å²) in [6.45, 7) is 7.66. The number of benzene rings is 2.